The number of likely N-dealkylation sites (N-methyl/N-ethyl adjacent to an activating group) is 1. The largest absolute Gasteiger partial charge is 0.273 e. The molecule has 0 N–H and O–H groups in total. The van der Waals surface area contributed by atoms with Crippen molar-refractivity contribution in [3.8, 4) is 0 Å². The first-order valence-corrected chi connectivity index (χ1v) is 2.55. The van der Waals surface area contributed by atoms with E-state index in [1.54, 1.807) is 5.01 Å². The third-order valence-electron chi connectivity index (χ3n) is 1.36. The Balaban J connectivity index is 2.69. The van der Waals surface area contributed by atoms with Crippen LogP contribution in [-0.2, 0) is 0 Å². The highest BCUT2D eigenvalue weighted by Gasteiger charge is 2.15. The maximum atomic E-state index is 3.76. The molecule has 8 heavy (non-hydrogen) atoms. The minimum Gasteiger partial charge on any atom is -0.273 e. The fraction of sp³-hybridized carbons (Fsp3) is 0.600. The van der Waals surface area contributed by atoms with Gasteiger partial charge >= 0.3 is 0 Å². The van der Waals surface area contributed by atoms with Crippen molar-refractivity contribution in [3.05, 3.63) is 12.3 Å². The van der Waals surface area contributed by atoms with E-state index in [2.05, 4.69) is 16.9 Å². The zero-order valence-electron chi connectivity index (χ0n) is 5.13. The average molecular weight is 111 g/mol. The molecule has 1 rings (SSSR count). The van der Waals surface area contributed by atoms with Gasteiger partial charge < -0.3 is 0 Å². The molecule has 0 fully saturated rings. The highest BCUT2D eigenvalue weighted by Crippen LogP contribution is 2.15. The summed E-state index contributed by atoms with van der Waals surface area (Å²) in [5, 5.41) is 9.29. The summed E-state index contributed by atoms with van der Waals surface area (Å²) in [5.74, 6) is 0. The third-order valence-corrected chi connectivity index (χ3v) is 1.36. The molecule has 1 heterocycles. The van der Waals surface area contributed by atoms with Crippen LogP contribution in [0.15, 0.2) is 22.6 Å². The first-order valence-electron chi connectivity index (χ1n) is 2.55. The van der Waals surface area contributed by atoms with Crippen molar-refractivity contribution < 1.29 is 0 Å². The molecule has 0 bridgehead atoms. The van der Waals surface area contributed by atoms with E-state index in [0.717, 1.165) is 5.70 Å². The first-order chi connectivity index (χ1) is 3.72. The summed E-state index contributed by atoms with van der Waals surface area (Å²) in [5.41, 5.74) is 0.840. The summed E-state index contributed by atoms with van der Waals surface area (Å²) in [4.78, 5) is 0. The summed E-state index contributed by atoms with van der Waals surface area (Å²) >= 11 is 0. The number of hydrogen-bond acceptors (Lipinski definition) is 3. The van der Waals surface area contributed by atoms with Crippen molar-refractivity contribution in [2.75, 3.05) is 7.05 Å². The fourth-order valence-corrected chi connectivity index (χ4v) is 0.505. The van der Waals surface area contributed by atoms with E-state index in [4.69, 9.17) is 0 Å². The lowest BCUT2D eigenvalue weighted by molar-refractivity contribution is 0.324. The van der Waals surface area contributed by atoms with E-state index in [1.807, 2.05) is 14.0 Å². The number of rotatable bonds is 0. The normalized spacial score (nSPS) is 27.5. The molecule has 0 aromatic rings. The Morgan fingerprint density at radius 2 is 2.38 bits per heavy atom. The zero-order chi connectivity index (χ0) is 6.15. The Morgan fingerprint density at radius 3 is 2.50 bits per heavy atom. The Labute approximate surface area is 48.7 Å². The molecule has 44 valence electrons. The molecule has 1 aliphatic heterocycles. The summed E-state index contributed by atoms with van der Waals surface area (Å²) < 4.78 is 0. The van der Waals surface area contributed by atoms with Crippen LogP contribution in [0.25, 0.3) is 0 Å². The standard InChI is InChI=1S/C5H9N3/c1-4-5(2)8(3)7-6-4/h5H,1H2,2-3H3. The van der Waals surface area contributed by atoms with E-state index in [-0.39, 0.29) is 6.04 Å². The smallest absolute Gasteiger partial charge is 0.0889 e. The Kier molecular flexibility index (Phi) is 1.04. The van der Waals surface area contributed by atoms with Gasteiger partial charge in [-0.1, -0.05) is 11.8 Å². The fourth-order valence-electron chi connectivity index (χ4n) is 0.505. The van der Waals surface area contributed by atoms with Crippen molar-refractivity contribution in [1.29, 1.82) is 0 Å². The van der Waals surface area contributed by atoms with Gasteiger partial charge in [0.1, 0.15) is 0 Å². The van der Waals surface area contributed by atoms with Gasteiger partial charge in [0.05, 0.1) is 11.7 Å². The van der Waals surface area contributed by atoms with Gasteiger partial charge in [0.25, 0.3) is 0 Å². The number of hydrogen-bond donors (Lipinski definition) is 0. The SMILES string of the molecule is C=C1N=NN(C)C1C. The van der Waals surface area contributed by atoms with Crippen LogP contribution in [0.5, 0.6) is 0 Å². The van der Waals surface area contributed by atoms with Crippen LogP contribution in [0.1, 0.15) is 6.92 Å². The van der Waals surface area contributed by atoms with Crippen LogP contribution in [0.2, 0.25) is 0 Å². The Hall–Kier alpha value is -0.860. The minimum atomic E-state index is 0.287. The quantitative estimate of drug-likeness (QED) is 0.461. The molecule has 1 unspecified atom stereocenters. The third kappa shape index (κ3) is 0.598. The average Bonchev–Trinajstić information content (AvgIpc) is 1.98. The van der Waals surface area contributed by atoms with Crippen LogP contribution in [0, 0.1) is 0 Å². The highest BCUT2D eigenvalue weighted by molar-refractivity contribution is 5.02. The second kappa shape index (κ2) is 1.58. The molecular weight excluding hydrogens is 102 g/mol. The zero-order valence-corrected chi connectivity index (χ0v) is 5.13. The van der Waals surface area contributed by atoms with Crippen molar-refractivity contribution in [1.82, 2.24) is 5.01 Å². The lowest BCUT2D eigenvalue weighted by Gasteiger charge is -2.09. The van der Waals surface area contributed by atoms with Crippen molar-refractivity contribution >= 4 is 0 Å². The van der Waals surface area contributed by atoms with Gasteiger partial charge in [-0.05, 0) is 6.92 Å². The van der Waals surface area contributed by atoms with Gasteiger partial charge in [-0.3, -0.25) is 5.01 Å². The predicted octanol–water partition coefficient (Wildman–Crippen LogP) is 1.20. The van der Waals surface area contributed by atoms with Crippen LogP contribution in [0.4, 0.5) is 0 Å². The molecule has 0 amide bonds. The molecule has 0 radical (unpaired) electrons. The maximum absolute atomic E-state index is 3.76. The van der Waals surface area contributed by atoms with Crippen LogP contribution in [0.3, 0.4) is 0 Å². The Bertz CT molecular complexity index is 139. The Morgan fingerprint density at radius 1 is 1.75 bits per heavy atom. The monoisotopic (exact) mass is 111 g/mol. The molecule has 0 aromatic heterocycles. The summed E-state index contributed by atoms with van der Waals surface area (Å²) in [6.07, 6.45) is 0. The second-order valence-corrected chi connectivity index (χ2v) is 1.93. The topological polar surface area (TPSA) is 28.0 Å². The van der Waals surface area contributed by atoms with Gasteiger partial charge in [-0.25, -0.2) is 0 Å². The molecule has 0 spiro atoms. The van der Waals surface area contributed by atoms with E-state index in [0.29, 0.717) is 0 Å². The molecular formula is C5H9N3. The highest BCUT2D eigenvalue weighted by atomic mass is 15.6. The van der Waals surface area contributed by atoms with E-state index >= 15 is 0 Å². The van der Waals surface area contributed by atoms with Crippen LogP contribution in [-0.4, -0.2) is 18.1 Å². The molecule has 0 saturated heterocycles. The molecule has 0 aromatic carbocycles. The molecule has 0 aliphatic carbocycles. The first kappa shape index (κ1) is 5.28. The van der Waals surface area contributed by atoms with E-state index in [9.17, 15) is 0 Å². The molecule has 1 aliphatic rings. The summed E-state index contributed by atoms with van der Waals surface area (Å²) in [6, 6.07) is 0.287. The van der Waals surface area contributed by atoms with Crippen molar-refractivity contribution in [2.24, 2.45) is 10.3 Å². The van der Waals surface area contributed by atoms with Crippen LogP contribution >= 0.6 is 0 Å². The van der Waals surface area contributed by atoms with Gasteiger partial charge in [-0.15, -0.1) is 5.11 Å². The van der Waals surface area contributed by atoms with E-state index in [1.165, 1.54) is 0 Å². The summed E-state index contributed by atoms with van der Waals surface area (Å²) in [7, 11) is 1.88. The van der Waals surface area contributed by atoms with Gasteiger partial charge in [0, 0.05) is 7.05 Å². The maximum Gasteiger partial charge on any atom is 0.0889 e. The molecule has 1 atom stereocenters. The minimum absolute atomic E-state index is 0.287. The van der Waals surface area contributed by atoms with Gasteiger partial charge in [0.2, 0.25) is 0 Å². The van der Waals surface area contributed by atoms with Crippen molar-refractivity contribution in [2.45, 2.75) is 13.0 Å². The summed E-state index contributed by atoms with van der Waals surface area (Å²) in [6.45, 7) is 5.70. The molecule has 0 saturated carbocycles. The lowest BCUT2D eigenvalue weighted by atomic mass is 10.3. The van der Waals surface area contributed by atoms with Crippen LogP contribution < -0.4 is 0 Å². The second-order valence-electron chi connectivity index (χ2n) is 1.93. The molecule has 3 nitrogen and oxygen atoms in total. The van der Waals surface area contributed by atoms with Crippen molar-refractivity contribution in [3.63, 3.8) is 0 Å². The number of nitrogens with zero attached hydrogens (tertiary/aromatic N) is 3. The molecule has 3 heteroatoms. The van der Waals surface area contributed by atoms with Gasteiger partial charge in [-0.2, -0.15) is 0 Å². The predicted molar refractivity (Wildman–Crippen MR) is 31.2 cm³/mol. The lowest BCUT2D eigenvalue weighted by Crippen LogP contribution is -2.18. The van der Waals surface area contributed by atoms with E-state index < -0.39 is 0 Å². The van der Waals surface area contributed by atoms with Gasteiger partial charge in [0.15, 0.2) is 0 Å².